The zero-order chi connectivity index (χ0) is 18.7. The first kappa shape index (κ1) is 17.7. The Labute approximate surface area is 150 Å². The van der Waals surface area contributed by atoms with Crippen molar-refractivity contribution in [3.8, 4) is 5.75 Å². The lowest BCUT2D eigenvalue weighted by atomic mass is 10.1. The van der Waals surface area contributed by atoms with Crippen molar-refractivity contribution < 1.29 is 9.90 Å². The van der Waals surface area contributed by atoms with Crippen LogP contribution in [0, 0.1) is 6.92 Å². The van der Waals surface area contributed by atoms with Crippen molar-refractivity contribution in [2.75, 3.05) is 0 Å². The third-order valence-electron chi connectivity index (χ3n) is 4.23. The number of aromatic amines is 1. The Morgan fingerprint density at radius 2 is 1.96 bits per heavy atom. The van der Waals surface area contributed by atoms with Crippen LogP contribution < -0.4 is 10.9 Å². The molecule has 2 aromatic heterocycles. The minimum Gasteiger partial charge on any atom is -0.505 e. The van der Waals surface area contributed by atoms with Crippen molar-refractivity contribution in [3.63, 3.8) is 0 Å². The lowest BCUT2D eigenvalue weighted by molar-refractivity contribution is 0.0943. The predicted octanol–water partition coefficient (Wildman–Crippen LogP) is 2.82. The summed E-state index contributed by atoms with van der Waals surface area (Å²) >= 11 is 0. The van der Waals surface area contributed by atoms with Gasteiger partial charge in [0.25, 0.3) is 11.5 Å². The molecule has 0 bridgehead atoms. The van der Waals surface area contributed by atoms with Crippen LogP contribution in [0.2, 0.25) is 0 Å². The van der Waals surface area contributed by atoms with E-state index in [1.807, 2.05) is 38.1 Å². The minimum atomic E-state index is -0.539. The quantitative estimate of drug-likeness (QED) is 0.659. The molecule has 0 spiro atoms. The second-order valence-electron chi connectivity index (χ2n) is 6.34. The van der Waals surface area contributed by atoms with Crippen molar-refractivity contribution in [2.24, 2.45) is 0 Å². The first-order valence-corrected chi connectivity index (χ1v) is 8.57. The van der Waals surface area contributed by atoms with E-state index in [9.17, 15) is 14.7 Å². The van der Waals surface area contributed by atoms with Gasteiger partial charge in [-0.15, -0.1) is 0 Å². The summed E-state index contributed by atoms with van der Waals surface area (Å²) in [6.45, 7) is 4.32. The van der Waals surface area contributed by atoms with Crippen LogP contribution in [0.25, 0.3) is 10.9 Å². The highest BCUT2D eigenvalue weighted by Crippen LogP contribution is 2.25. The van der Waals surface area contributed by atoms with Crippen molar-refractivity contribution in [1.29, 1.82) is 0 Å². The highest BCUT2D eigenvalue weighted by molar-refractivity contribution is 6.00. The van der Waals surface area contributed by atoms with E-state index in [2.05, 4.69) is 15.3 Å². The molecule has 1 aromatic carbocycles. The number of aryl methyl sites for hydroxylation is 2. The third-order valence-corrected chi connectivity index (χ3v) is 4.23. The van der Waals surface area contributed by atoms with Crippen LogP contribution in [0.5, 0.6) is 5.75 Å². The van der Waals surface area contributed by atoms with Crippen LogP contribution in [0.4, 0.5) is 0 Å². The second-order valence-corrected chi connectivity index (χ2v) is 6.34. The Morgan fingerprint density at radius 3 is 2.65 bits per heavy atom. The molecule has 0 atom stereocenters. The Kier molecular flexibility index (Phi) is 5.02. The fraction of sp³-hybridized carbons (Fsp3) is 0.250. The lowest BCUT2D eigenvalue weighted by Crippen LogP contribution is -2.26. The topological polar surface area (TPSA) is 95.1 Å². The van der Waals surface area contributed by atoms with Gasteiger partial charge in [0.15, 0.2) is 5.75 Å². The molecular formula is C20H21N3O3. The molecule has 0 radical (unpaired) electrons. The van der Waals surface area contributed by atoms with Gasteiger partial charge in [-0.3, -0.25) is 14.6 Å². The largest absolute Gasteiger partial charge is 0.505 e. The lowest BCUT2D eigenvalue weighted by Gasteiger charge is -2.10. The Morgan fingerprint density at radius 1 is 1.23 bits per heavy atom. The van der Waals surface area contributed by atoms with Crippen LogP contribution in [0.3, 0.4) is 0 Å². The third kappa shape index (κ3) is 3.59. The number of nitrogens with one attached hydrogen (secondary N) is 2. The molecule has 26 heavy (non-hydrogen) atoms. The number of pyridine rings is 2. The number of H-pyrrole nitrogens is 1. The molecule has 0 aliphatic heterocycles. The number of benzene rings is 1. The van der Waals surface area contributed by atoms with Crippen molar-refractivity contribution in [1.82, 2.24) is 15.3 Å². The van der Waals surface area contributed by atoms with E-state index < -0.39 is 11.5 Å². The van der Waals surface area contributed by atoms with Crippen LogP contribution in [-0.4, -0.2) is 21.0 Å². The maximum atomic E-state index is 12.5. The predicted molar refractivity (Wildman–Crippen MR) is 100 cm³/mol. The van der Waals surface area contributed by atoms with Gasteiger partial charge < -0.3 is 15.4 Å². The molecule has 3 aromatic rings. The van der Waals surface area contributed by atoms with E-state index in [0.29, 0.717) is 11.9 Å². The van der Waals surface area contributed by atoms with Crippen molar-refractivity contribution in [3.05, 3.63) is 69.3 Å². The highest BCUT2D eigenvalue weighted by Gasteiger charge is 2.18. The van der Waals surface area contributed by atoms with Gasteiger partial charge in [0, 0.05) is 12.7 Å². The number of aromatic nitrogens is 2. The van der Waals surface area contributed by atoms with Gasteiger partial charge in [-0.05, 0) is 30.5 Å². The summed E-state index contributed by atoms with van der Waals surface area (Å²) in [6.07, 6.45) is 3.32. The van der Waals surface area contributed by atoms with Crippen LogP contribution >= 0.6 is 0 Å². The first-order valence-electron chi connectivity index (χ1n) is 8.57. The van der Waals surface area contributed by atoms with Gasteiger partial charge in [-0.25, -0.2) is 0 Å². The zero-order valence-electron chi connectivity index (χ0n) is 14.8. The molecule has 6 heteroatoms. The molecule has 1 amide bonds. The number of hydrogen-bond donors (Lipinski definition) is 3. The molecule has 6 nitrogen and oxygen atoms in total. The minimum absolute atomic E-state index is 0.123. The van der Waals surface area contributed by atoms with E-state index in [4.69, 9.17) is 0 Å². The van der Waals surface area contributed by atoms with E-state index in [0.717, 1.165) is 29.5 Å². The molecule has 3 N–H and O–H groups in total. The van der Waals surface area contributed by atoms with Crippen LogP contribution in [-0.2, 0) is 13.0 Å². The number of carbonyl (C=O) groups excluding carboxylic acids is 1. The highest BCUT2D eigenvalue weighted by atomic mass is 16.3. The van der Waals surface area contributed by atoms with Gasteiger partial charge in [0.1, 0.15) is 11.2 Å². The summed E-state index contributed by atoms with van der Waals surface area (Å²) in [5.41, 5.74) is 2.45. The Balaban J connectivity index is 1.90. The normalized spacial score (nSPS) is 10.8. The molecule has 2 heterocycles. The van der Waals surface area contributed by atoms with Gasteiger partial charge in [0.05, 0.1) is 5.39 Å². The van der Waals surface area contributed by atoms with Gasteiger partial charge in [-0.2, -0.15) is 0 Å². The molecule has 0 saturated heterocycles. The molecular weight excluding hydrogens is 330 g/mol. The van der Waals surface area contributed by atoms with E-state index in [-0.39, 0.29) is 17.0 Å². The standard InChI is InChI=1S/C20H21N3O3/c1-3-4-14-9-15-16(21-11-14)20(26)23-17(18(15)24)19(25)22-10-13-7-5-12(2)6-8-13/h5-9,11,24H,3-4,10H2,1-2H3,(H,22,25)(H,23,26). The van der Waals surface area contributed by atoms with Gasteiger partial charge in [0.2, 0.25) is 0 Å². The average Bonchev–Trinajstić information content (AvgIpc) is 2.64. The summed E-state index contributed by atoms with van der Waals surface area (Å²) in [5.74, 6) is -0.797. The average molecular weight is 351 g/mol. The molecule has 134 valence electrons. The van der Waals surface area contributed by atoms with Crippen molar-refractivity contribution >= 4 is 16.8 Å². The van der Waals surface area contributed by atoms with Crippen LogP contribution in [0.15, 0.2) is 41.3 Å². The van der Waals surface area contributed by atoms with E-state index in [1.54, 1.807) is 12.3 Å². The number of nitrogens with zero attached hydrogens (tertiary/aromatic N) is 1. The molecule has 0 aliphatic carbocycles. The smallest absolute Gasteiger partial charge is 0.275 e. The molecule has 0 unspecified atom stereocenters. The van der Waals surface area contributed by atoms with Crippen LogP contribution in [0.1, 0.15) is 40.5 Å². The number of rotatable bonds is 5. The van der Waals surface area contributed by atoms with Gasteiger partial charge >= 0.3 is 0 Å². The number of fused-ring (bicyclic) bond motifs is 1. The summed E-state index contributed by atoms with van der Waals surface area (Å²) in [7, 11) is 0. The Bertz CT molecular complexity index is 1010. The number of hydrogen-bond acceptors (Lipinski definition) is 4. The van der Waals surface area contributed by atoms with Crippen molar-refractivity contribution in [2.45, 2.75) is 33.2 Å². The maximum absolute atomic E-state index is 12.5. The molecule has 0 aliphatic rings. The van der Waals surface area contributed by atoms with Gasteiger partial charge in [-0.1, -0.05) is 43.2 Å². The number of amides is 1. The summed E-state index contributed by atoms with van der Waals surface area (Å²) in [5, 5.41) is 13.5. The zero-order valence-corrected chi connectivity index (χ0v) is 14.8. The fourth-order valence-corrected chi connectivity index (χ4v) is 2.80. The first-order chi connectivity index (χ1) is 12.5. The summed E-state index contributed by atoms with van der Waals surface area (Å²) in [6, 6.07) is 9.46. The molecule has 0 fully saturated rings. The maximum Gasteiger partial charge on any atom is 0.275 e. The monoisotopic (exact) mass is 351 g/mol. The number of aromatic hydroxyl groups is 1. The summed E-state index contributed by atoms with van der Waals surface area (Å²) in [4.78, 5) is 31.2. The van der Waals surface area contributed by atoms with E-state index >= 15 is 0 Å². The Hall–Kier alpha value is -3.15. The molecule has 0 saturated carbocycles. The second kappa shape index (κ2) is 7.39. The van der Waals surface area contributed by atoms with E-state index in [1.165, 1.54) is 0 Å². The SMILES string of the molecule is CCCc1cnc2c(=O)[nH]c(C(=O)NCc3ccc(C)cc3)c(O)c2c1. The molecule has 3 rings (SSSR count). The number of carbonyl (C=O) groups is 1. The fourth-order valence-electron chi connectivity index (χ4n) is 2.80. The summed E-state index contributed by atoms with van der Waals surface area (Å²) < 4.78 is 0.